The summed E-state index contributed by atoms with van der Waals surface area (Å²) in [7, 11) is 1.94. The Bertz CT molecular complexity index is 471. The van der Waals surface area contributed by atoms with Crippen LogP contribution in [0, 0.1) is 0 Å². The molecule has 0 atom stereocenters. The first-order chi connectivity index (χ1) is 8.78. The van der Waals surface area contributed by atoms with E-state index in [0.717, 1.165) is 24.2 Å². The van der Waals surface area contributed by atoms with Crippen LogP contribution >= 0.6 is 0 Å². The summed E-state index contributed by atoms with van der Waals surface area (Å²) in [5.74, 6) is 0. The average Bonchev–Trinajstić information content (AvgIpc) is 2.42. The number of hydrogen-bond acceptors (Lipinski definition) is 2. The van der Waals surface area contributed by atoms with Gasteiger partial charge >= 0.3 is 0 Å². The Balaban J connectivity index is 1.82. The fourth-order valence-corrected chi connectivity index (χ4v) is 2.02. The summed E-state index contributed by atoms with van der Waals surface area (Å²) in [4.78, 5) is 0. The highest BCUT2D eigenvalue weighted by Crippen LogP contribution is 2.13. The van der Waals surface area contributed by atoms with Crippen molar-refractivity contribution in [2.45, 2.75) is 19.3 Å². The molecule has 0 radical (unpaired) electrons. The molecule has 0 spiro atoms. The predicted octanol–water partition coefficient (Wildman–Crippen LogP) is 3.49. The Kier molecular flexibility index (Phi) is 4.24. The Morgan fingerprint density at radius 2 is 1.33 bits per heavy atom. The van der Waals surface area contributed by atoms with E-state index >= 15 is 0 Å². The van der Waals surface area contributed by atoms with Crippen molar-refractivity contribution in [3.63, 3.8) is 0 Å². The number of nitrogens with one attached hydrogen (secondary N) is 1. The van der Waals surface area contributed by atoms with Gasteiger partial charge in [0.2, 0.25) is 0 Å². The largest absolute Gasteiger partial charge is 0.399 e. The van der Waals surface area contributed by atoms with Crippen LogP contribution in [0.25, 0.3) is 0 Å². The summed E-state index contributed by atoms with van der Waals surface area (Å²) in [6, 6.07) is 16.8. The van der Waals surface area contributed by atoms with Gasteiger partial charge in [-0.1, -0.05) is 24.3 Å². The lowest BCUT2D eigenvalue weighted by molar-refractivity contribution is 0.821. The minimum absolute atomic E-state index is 0.835. The molecule has 0 aliphatic heterocycles. The van der Waals surface area contributed by atoms with Gasteiger partial charge in [0.15, 0.2) is 0 Å². The van der Waals surface area contributed by atoms with E-state index in [-0.39, 0.29) is 0 Å². The SMILES string of the molecule is CNc1ccc(CCCc2ccc(N)cc2)cc1. The van der Waals surface area contributed by atoms with E-state index in [4.69, 9.17) is 5.73 Å². The molecule has 0 unspecified atom stereocenters. The number of anilines is 2. The Morgan fingerprint density at radius 3 is 1.83 bits per heavy atom. The van der Waals surface area contributed by atoms with Crippen molar-refractivity contribution in [2.75, 3.05) is 18.1 Å². The van der Waals surface area contributed by atoms with E-state index in [0.29, 0.717) is 0 Å². The third-order valence-electron chi connectivity index (χ3n) is 3.15. The Morgan fingerprint density at radius 1 is 0.833 bits per heavy atom. The molecule has 0 aliphatic carbocycles. The molecule has 2 heteroatoms. The van der Waals surface area contributed by atoms with Crippen molar-refractivity contribution in [1.29, 1.82) is 0 Å². The molecule has 18 heavy (non-hydrogen) atoms. The molecule has 2 rings (SSSR count). The lowest BCUT2D eigenvalue weighted by atomic mass is 10.0. The summed E-state index contributed by atoms with van der Waals surface area (Å²) >= 11 is 0. The highest BCUT2D eigenvalue weighted by Gasteiger charge is 1.96. The van der Waals surface area contributed by atoms with E-state index in [9.17, 15) is 0 Å². The van der Waals surface area contributed by atoms with Gasteiger partial charge < -0.3 is 11.1 Å². The van der Waals surface area contributed by atoms with E-state index in [1.54, 1.807) is 0 Å². The molecule has 0 aliphatic rings. The molecular formula is C16H20N2. The quantitative estimate of drug-likeness (QED) is 0.785. The maximum atomic E-state index is 5.67. The first kappa shape index (κ1) is 12.5. The Hall–Kier alpha value is -1.96. The van der Waals surface area contributed by atoms with E-state index in [1.807, 2.05) is 19.2 Å². The standard InChI is InChI=1S/C16H20N2/c1-18-16-11-7-14(8-12-16)4-2-3-13-5-9-15(17)10-6-13/h5-12,18H,2-4,17H2,1H3. The van der Waals surface area contributed by atoms with E-state index in [1.165, 1.54) is 17.5 Å². The van der Waals surface area contributed by atoms with E-state index < -0.39 is 0 Å². The van der Waals surface area contributed by atoms with Gasteiger partial charge in [0.05, 0.1) is 0 Å². The minimum atomic E-state index is 0.835. The first-order valence-corrected chi connectivity index (χ1v) is 6.39. The van der Waals surface area contributed by atoms with Crippen LogP contribution in [-0.2, 0) is 12.8 Å². The van der Waals surface area contributed by atoms with E-state index in [2.05, 4.69) is 41.7 Å². The molecule has 0 saturated heterocycles. The second-order valence-electron chi connectivity index (χ2n) is 4.54. The molecule has 0 heterocycles. The van der Waals surface area contributed by atoms with Crippen molar-refractivity contribution in [3.05, 3.63) is 59.7 Å². The third kappa shape index (κ3) is 3.52. The van der Waals surface area contributed by atoms with Crippen molar-refractivity contribution in [1.82, 2.24) is 0 Å². The monoisotopic (exact) mass is 240 g/mol. The molecule has 2 nitrogen and oxygen atoms in total. The molecule has 2 aromatic rings. The second kappa shape index (κ2) is 6.10. The molecule has 0 aromatic heterocycles. The lowest BCUT2D eigenvalue weighted by Crippen LogP contribution is -1.92. The summed E-state index contributed by atoms with van der Waals surface area (Å²) in [6.07, 6.45) is 3.39. The fraction of sp³-hybridized carbons (Fsp3) is 0.250. The average molecular weight is 240 g/mol. The van der Waals surface area contributed by atoms with Gasteiger partial charge in [0, 0.05) is 18.4 Å². The van der Waals surface area contributed by atoms with Gasteiger partial charge in [-0.25, -0.2) is 0 Å². The normalized spacial score (nSPS) is 10.3. The number of hydrogen-bond donors (Lipinski definition) is 2. The minimum Gasteiger partial charge on any atom is -0.399 e. The zero-order chi connectivity index (χ0) is 12.8. The Labute approximate surface area is 109 Å². The van der Waals surface area contributed by atoms with Crippen molar-refractivity contribution < 1.29 is 0 Å². The molecular weight excluding hydrogens is 220 g/mol. The molecule has 0 amide bonds. The molecule has 0 fully saturated rings. The first-order valence-electron chi connectivity index (χ1n) is 6.39. The topological polar surface area (TPSA) is 38.0 Å². The maximum absolute atomic E-state index is 5.67. The zero-order valence-corrected chi connectivity index (χ0v) is 10.8. The van der Waals surface area contributed by atoms with Gasteiger partial charge in [0.25, 0.3) is 0 Å². The number of benzene rings is 2. The van der Waals surface area contributed by atoms with Gasteiger partial charge in [-0.05, 0) is 54.7 Å². The lowest BCUT2D eigenvalue weighted by Gasteiger charge is -2.04. The van der Waals surface area contributed by atoms with Gasteiger partial charge in [0.1, 0.15) is 0 Å². The zero-order valence-electron chi connectivity index (χ0n) is 10.8. The van der Waals surface area contributed by atoms with Crippen LogP contribution in [-0.4, -0.2) is 7.05 Å². The predicted molar refractivity (Wildman–Crippen MR) is 78.9 cm³/mol. The summed E-state index contributed by atoms with van der Waals surface area (Å²) in [5.41, 5.74) is 10.4. The molecule has 0 saturated carbocycles. The maximum Gasteiger partial charge on any atom is 0.0337 e. The van der Waals surface area contributed by atoms with Gasteiger partial charge in [-0.3, -0.25) is 0 Å². The van der Waals surface area contributed by atoms with Crippen LogP contribution in [0.5, 0.6) is 0 Å². The number of aryl methyl sites for hydroxylation is 2. The van der Waals surface area contributed by atoms with Crippen LogP contribution in [0.4, 0.5) is 11.4 Å². The van der Waals surface area contributed by atoms with Crippen LogP contribution < -0.4 is 11.1 Å². The molecule has 2 aromatic carbocycles. The highest BCUT2D eigenvalue weighted by molar-refractivity contribution is 5.44. The second-order valence-corrected chi connectivity index (χ2v) is 4.54. The number of nitrogens with two attached hydrogens (primary N) is 1. The molecule has 0 bridgehead atoms. The fourth-order valence-electron chi connectivity index (χ4n) is 2.02. The molecule has 94 valence electrons. The van der Waals surface area contributed by atoms with Gasteiger partial charge in [-0.15, -0.1) is 0 Å². The summed E-state index contributed by atoms with van der Waals surface area (Å²) in [5, 5.41) is 3.13. The van der Waals surface area contributed by atoms with Crippen LogP contribution in [0.3, 0.4) is 0 Å². The van der Waals surface area contributed by atoms with Crippen LogP contribution in [0.15, 0.2) is 48.5 Å². The van der Waals surface area contributed by atoms with Crippen molar-refractivity contribution in [2.24, 2.45) is 0 Å². The number of nitrogen functional groups attached to an aromatic ring is 1. The third-order valence-corrected chi connectivity index (χ3v) is 3.15. The number of rotatable bonds is 5. The smallest absolute Gasteiger partial charge is 0.0337 e. The van der Waals surface area contributed by atoms with Crippen LogP contribution in [0.1, 0.15) is 17.5 Å². The molecule has 3 N–H and O–H groups in total. The summed E-state index contributed by atoms with van der Waals surface area (Å²) < 4.78 is 0. The van der Waals surface area contributed by atoms with Crippen LogP contribution in [0.2, 0.25) is 0 Å². The van der Waals surface area contributed by atoms with Crippen molar-refractivity contribution in [3.8, 4) is 0 Å². The summed E-state index contributed by atoms with van der Waals surface area (Å²) in [6.45, 7) is 0. The highest BCUT2D eigenvalue weighted by atomic mass is 14.8. The van der Waals surface area contributed by atoms with Crippen molar-refractivity contribution >= 4 is 11.4 Å². The van der Waals surface area contributed by atoms with Gasteiger partial charge in [-0.2, -0.15) is 0 Å².